The second-order valence-corrected chi connectivity index (χ2v) is 11.9. The van der Waals surface area contributed by atoms with E-state index in [2.05, 4.69) is 10.1 Å². The number of anilines is 7. The van der Waals surface area contributed by atoms with Gasteiger partial charge in [0, 0.05) is 23.6 Å². The molecule has 0 radical (unpaired) electrons. The molecule has 15 N–H and O–H groups in total. The van der Waals surface area contributed by atoms with Gasteiger partial charge in [-0.2, -0.15) is 8.42 Å². The highest BCUT2D eigenvalue weighted by Gasteiger charge is 2.19. The number of carbonyl (C=O) groups excluding carboxylic acids is 1. The zero-order valence-electron chi connectivity index (χ0n) is 22.1. The molecule has 0 fully saturated rings. The Morgan fingerprint density at radius 1 is 0.829 bits per heavy atom. The number of nitrogen functional groups attached to an aromatic ring is 6. The summed E-state index contributed by atoms with van der Waals surface area (Å²) in [6, 6.07) is 14.8. The van der Waals surface area contributed by atoms with Crippen LogP contribution in [0.2, 0.25) is 0 Å². The number of nitrogens with two attached hydrogens (primary N) is 6. The van der Waals surface area contributed by atoms with Crippen molar-refractivity contribution in [2.24, 2.45) is 0 Å². The number of ether oxygens (including phenoxy) is 1. The third-order valence-electron chi connectivity index (χ3n) is 5.14. The van der Waals surface area contributed by atoms with E-state index in [1.807, 2.05) is 0 Å². The van der Waals surface area contributed by atoms with Crippen molar-refractivity contribution in [1.82, 2.24) is 0 Å². The molecule has 17 heteroatoms. The van der Waals surface area contributed by atoms with Gasteiger partial charge >= 0.3 is 5.97 Å². The molecule has 3 aromatic rings. The molecular formula is C24H35N7O8S2. The second kappa shape index (κ2) is 15.4. The van der Waals surface area contributed by atoms with Crippen molar-refractivity contribution in [3.63, 3.8) is 0 Å². The van der Waals surface area contributed by atoms with Crippen LogP contribution in [-0.4, -0.2) is 64.2 Å². The number of rotatable bonds is 8. The van der Waals surface area contributed by atoms with E-state index >= 15 is 0 Å². The highest BCUT2D eigenvalue weighted by atomic mass is 32.2. The van der Waals surface area contributed by atoms with Crippen LogP contribution in [-0.2, 0) is 24.7 Å². The van der Waals surface area contributed by atoms with Gasteiger partial charge in [-0.25, -0.2) is 13.2 Å². The molecule has 0 aromatic heterocycles. The van der Waals surface area contributed by atoms with Crippen LogP contribution >= 0.6 is 0 Å². The SMILES string of the molecule is COC(=O)c1ccccc1N.Nc1cc(S(=O)(=O)O)c(N)c(N)c1N.Nc1ccc(NCCS(=O)(=O)CCO)cc1. The van der Waals surface area contributed by atoms with Gasteiger partial charge in [0.1, 0.15) is 4.90 Å². The Bertz CT molecular complexity index is 1530. The number of benzene rings is 3. The van der Waals surface area contributed by atoms with Crippen LogP contribution < -0.4 is 39.7 Å². The molecule has 15 nitrogen and oxygen atoms in total. The molecule has 0 aliphatic rings. The van der Waals surface area contributed by atoms with Gasteiger partial charge in [-0.3, -0.25) is 4.55 Å². The normalized spacial score (nSPS) is 10.8. The Labute approximate surface area is 238 Å². The number of nitrogens with one attached hydrogen (secondary N) is 1. The first-order chi connectivity index (χ1) is 19.0. The molecular weight excluding hydrogens is 578 g/mol. The molecule has 0 aliphatic carbocycles. The van der Waals surface area contributed by atoms with Crippen LogP contribution in [0.15, 0.2) is 59.5 Å². The fourth-order valence-corrected chi connectivity index (χ4v) is 4.49. The quantitative estimate of drug-likeness (QED) is 0.0943. The molecule has 0 amide bonds. The summed E-state index contributed by atoms with van der Waals surface area (Å²) in [5, 5.41) is 11.5. The lowest BCUT2D eigenvalue weighted by molar-refractivity contribution is 0.0602. The molecule has 0 bridgehead atoms. The highest BCUT2D eigenvalue weighted by Crippen LogP contribution is 2.34. The van der Waals surface area contributed by atoms with E-state index in [4.69, 9.17) is 44.1 Å². The number of carbonyl (C=O) groups is 1. The van der Waals surface area contributed by atoms with Gasteiger partial charge in [0.2, 0.25) is 0 Å². The monoisotopic (exact) mass is 613 g/mol. The first-order valence-electron chi connectivity index (χ1n) is 11.6. The molecule has 0 saturated heterocycles. The lowest BCUT2D eigenvalue weighted by atomic mass is 10.2. The second-order valence-electron chi connectivity index (χ2n) is 8.18. The van der Waals surface area contributed by atoms with Crippen LogP contribution in [0.4, 0.5) is 39.8 Å². The van der Waals surface area contributed by atoms with Crippen LogP contribution in [0, 0.1) is 0 Å². The summed E-state index contributed by atoms with van der Waals surface area (Å²) in [5.74, 6) is -0.572. The number of para-hydroxylation sites is 1. The molecule has 226 valence electrons. The van der Waals surface area contributed by atoms with Crippen molar-refractivity contribution in [2.45, 2.75) is 4.90 Å². The smallest absolute Gasteiger partial charge is 0.339 e. The molecule has 0 aliphatic heterocycles. The van der Waals surface area contributed by atoms with E-state index in [1.54, 1.807) is 48.5 Å². The minimum Gasteiger partial charge on any atom is -0.465 e. The summed E-state index contributed by atoms with van der Waals surface area (Å²) in [6.07, 6.45) is 0. The Morgan fingerprint density at radius 2 is 1.41 bits per heavy atom. The summed E-state index contributed by atoms with van der Waals surface area (Å²) in [6.45, 7) is -0.00352. The van der Waals surface area contributed by atoms with E-state index in [0.29, 0.717) is 23.5 Å². The molecule has 0 atom stereocenters. The Morgan fingerprint density at radius 3 is 1.93 bits per heavy atom. The average molecular weight is 614 g/mol. The number of aliphatic hydroxyl groups is 1. The van der Waals surface area contributed by atoms with Crippen LogP contribution in [0.25, 0.3) is 0 Å². The maximum Gasteiger partial charge on any atom is 0.339 e. The van der Waals surface area contributed by atoms with Crippen LogP contribution in [0.3, 0.4) is 0 Å². The number of hydrogen-bond acceptors (Lipinski definition) is 14. The zero-order valence-corrected chi connectivity index (χ0v) is 23.8. The highest BCUT2D eigenvalue weighted by molar-refractivity contribution is 7.91. The maximum atomic E-state index is 11.3. The van der Waals surface area contributed by atoms with E-state index < -0.39 is 30.8 Å². The summed E-state index contributed by atoms with van der Waals surface area (Å²) in [5.41, 5.74) is 34.3. The van der Waals surface area contributed by atoms with Gasteiger partial charge in [-0.1, -0.05) is 12.1 Å². The summed E-state index contributed by atoms with van der Waals surface area (Å²) in [7, 11) is -6.25. The fourth-order valence-electron chi connectivity index (χ4n) is 2.93. The first-order valence-corrected chi connectivity index (χ1v) is 14.8. The van der Waals surface area contributed by atoms with E-state index in [9.17, 15) is 21.6 Å². The molecule has 3 rings (SSSR count). The van der Waals surface area contributed by atoms with E-state index in [-0.39, 0.29) is 40.9 Å². The van der Waals surface area contributed by atoms with Gasteiger partial charge in [-0.05, 0) is 42.5 Å². The molecule has 0 unspecified atom stereocenters. The van der Waals surface area contributed by atoms with Crippen molar-refractivity contribution >= 4 is 65.7 Å². The standard InChI is InChI=1S/C10H16N2O3S.C8H9NO2.C6H10N4O3S/c11-9-1-3-10(4-2-9)12-5-7-16(14,15)8-6-13;1-11-8(10)6-4-2-3-5-7(6)9;7-2-1-3(14(11,12)13)5(9)6(10)4(2)8/h1-4,12-13H,5-8,11H2;2-5H,9H2,1H3;1H,7-10H2,(H,11,12,13). The Hall–Kier alpha value is -4.45. The predicted octanol–water partition coefficient (Wildman–Crippen LogP) is 0.405. The fraction of sp³-hybridized carbons (Fsp3) is 0.208. The minimum absolute atomic E-state index is 0.00472. The number of sulfone groups is 1. The van der Waals surface area contributed by atoms with Crippen molar-refractivity contribution in [1.29, 1.82) is 0 Å². The number of methoxy groups -OCH3 is 1. The molecule has 0 saturated carbocycles. The van der Waals surface area contributed by atoms with E-state index in [0.717, 1.165) is 11.8 Å². The first kappa shape index (κ1) is 34.6. The van der Waals surface area contributed by atoms with Gasteiger partial charge in [-0.15, -0.1) is 0 Å². The van der Waals surface area contributed by atoms with E-state index in [1.165, 1.54) is 7.11 Å². The average Bonchev–Trinajstić information content (AvgIpc) is 2.90. The summed E-state index contributed by atoms with van der Waals surface area (Å²) >= 11 is 0. The maximum absolute atomic E-state index is 11.3. The number of aliphatic hydroxyl groups excluding tert-OH is 1. The number of esters is 1. The van der Waals surface area contributed by atoms with Gasteiger partial charge in [0.05, 0.1) is 53.5 Å². The van der Waals surface area contributed by atoms with Crippen molar-refractivity contribution in [2.75, 3.05) is 71.5 Å². The molecule has 0 heterocycles. The van der Waals surface area contributed by atoms with Crippen LogP contribution in [0.1, 0.15) is 10.4 Å². The summed E-state index contributed by atoms with van der Waals surface area (Å²) in [4.78, 5) is 10.4. The van der Waals surface area contributed by atoms with Crippen molar-refractivity contribution in [3.8, 4) is 0 Å². The predicted molar refractivity (Wildman–Crippen MR) is 161 cm³/mol. The van der Waals surface area contributed by atoms with Crippen molar-refractivity contribution in [3.05, 3.63) is 60.2 Å². The molecule has 0 spiro atoms. The third kappa shape index (κ3) is 11.3. The lowest BCUT2D eigenvalue weighted by Gasteiger charge is -2.10. The molecule has 3 aromatic carbocycles. The lowest BCUT2D eigenvalue weighted by Crippen LogP contribution is -2.20. The van der Waals surface area contributed by atoms with Gasteiger partial charge in [0.15, 0.2) is 9.84 Å². The Balaban J connectivity index is 0.000000313. The molecule has 41 heavy (non-hydrogen) atoms. The zero-order chi connectivity index (χ0) is 31.4. The van der Waals surface area contributed by atoms with Gasteiger partial charge < -0.3 is 49.6 Å². The van der Waals surface area contributed by atoms with Crippen molar-refractivity contribution < 1.29 is 36.0 Å². The largest absolute Gasteiger partial charge is 0.465 e. The number of hydrogen-bond donors (Lipinski definition) is 9. The topological polar surface area (TPSA) is 303 Å². The van der Waals surface area contributed by atoms with Crippen LogP contribution in [0.5, 0.6) is 0 Å². The summed E-state index contributed by atoms with van der Waals surface area (Å²) < 4.78 is 57.3. The Kier molecular flexibility index (Phi) is 13.0. The minimum atomic E-state index is -4.44. The third-order valence-corrected chi connectivity index (χ3v) is 7.67. The van der Waals surface area contributed by atoms with Gasteiger partial charge in [0.25, 0.3) is 10.1 Å².